The number of aromatic nitrogens is 3. The molecule has 0 spiro atoms. The van der Waals surface area contributed by atoms with E-state index in [2.05, 4.69) is 26.8 Å². The number of hydrogen-bond donors (Lipinski definition) is 2. The van der Waals surface area contributed by atoms with E-state index in [0.29, 0.717) is 35.5 Å². The van der Waals surface area contributed by atoms with Crippen LogP contribution in [-0.2, 0) is 23.7 Å². The molecule has 4 rings (SSSR count). The highest BCUT2D eigenvalue weighted by molar-refractivity contribution is 5.96. The van der Waals surface area contributed by atoms with Crippen molar-refractivity contribution in [1.82, 2.24) is 25.4 Å². The Hall–Kier alpha value is -3.67. The Morgan fingerprint density at radius 3 is 2.62 bits per heavy atom. The lowest BCUT2D eigenvalue weighted by atomic mass is 9.92. The molecule has 0 saturated heterocycles. The highest BCUT2D eigenvalue weighted by Crippen LogP contribution is 2.34. The number of para-hydroxylation sites is 2. The minimum absolute atomic E-state index is 0.0533. The van der Waals surface area contributed by atoms with Gasteiger partial charge in [-0.3, -0.25) is 14.3 Å². The van der Waals surface area contributed by atoms with Crippen LogP contribution in [0.2, 0.25) is 0 Å². The zero-order valence-electron chi connectivity index (χ0n) is 18.6. The van der Waals surface area contributed by atoms with Gasteiger partial charge in [0.2, 0.25) is 5.91 Å². The first-order valence-electron chi connectivity index (χ1n) is 10.5. The molecule has 32 heavy (non-hydrogen) atoms. The van der Waals surface area contributed by atoms with Gasteiger partial charge >= 0.3 is 0 Å². The first kappa shape index (κ1) is 21.6. The molecule has 9 heteroatoms. The fourth-order valence-electron chi connectivity index (χ4n) is 3.38. The molecule has 1 aromatic carbocycles. The average molecular weight is 435 g/mol. The van der Waals surface area contributed by atoms with Gasteiger partial charge < -0.3 is 15.1 Å². The monoisotopic (exact) mass is 434 g/mol. The number of carbonyl (C=O) groups excluding carboxylic acids is 2. The summed E-state index contributed by atoms with van der Waals surface area (Å²) in [5.41, 5.74) is 1.30. The van der Waals surface area contributed by atoms with E-state index in [-0.39, 0.29) is 11.8 Å². The van der Waals surface area contributed by atoms with Crippen molar-refractivity contribution in [3.63, 3.8) is 0 Å². The van der Waals surface area contributed by atoms with Crippen LogP contribution in [0.3, 0.4) is 0 Å². The standard InChI is InChI=1S/C23H26N6O3/c1-22(2,3)18-12-16(29(4)28-18)21(31)26-15(20(30)27-23(13-24)9-10-23)11-19-25-14-7-5-6-8-17(14)32-19/h5-8,12,15H,9-11H2,1-4H3,(H,26,31)(H,27,30)/t15-/m0/s1. The van der Waals surface area contributed by atoms with Crippen LogP contribution in [0.4, 0.5) is 0 Å². The van der Waals surface area contributed by atoms with Gasteiger partial charge in [-0.2, -0.15) is 10.4 Å². The molecular formula is C23H26N6O3. The molecule has 0 unspecified atom stereocenters. The second-order valence-electron chi connectivity index (χ2n) is 9.28. The number of nitrogens with zero attached hydrogens (tertiary/aromatic N) is 4. The lowest BCUT2D eigenvalue weighted by Gasteiger charge is -2.19. The van der Waals surface area contributed by atoms with E-state index in [0.717, 1.165) is 5.69 Å². The third kappa shape index (κ3) is 4.35. The second-order valence-corrected chi connectivity index (χ2v) is 9.28. The summed E-state index contributed by atoms with van der Waals surface area (Å²) in [4.78, 5) is 30.5. The molecule has 0 radical (unpaired) electrons. The van der Waals surface area contributed by atoms with E-state index in [1.807, 2.05) is 39.0 Å². The van der Waals surface area contributed by atoms with Crippen molar-refractivity contribution in [2.45, 2.75) is 57.0 Å². The van der Waals surface area contributed by atoms with E-state index in [4.69, 9.17) is 4.42 Å². The van der Waals surface area contributed by atoms with Gasteiger partial charge in [-0.05, 0) is 31.0 Å². The highest BCUT2D eigenvalue weighted by Gasteiger charge is 2.46. The van der Waals surface area contributed by atoms with Crippen LogP contribution in [0, 0.1) is 11.3 Å². The fraction of sp³-hybridized carbons (Fsp3) is 0.435. The Kier molecular flexibility index (Phi) is 5.25. The number of nitrogens with one attached hydrogen (secondary N) is 2. The van der Waals surface area contributed by atoms with Crippen LogP contribution >= 0.6 is 0 Å². The van der Waals surface area contributed by atoms with Crippen molar-refractivity contribution in [1.29, 1.82) is 5.26 Å². The predicted molar refractivity (Wildman–Crippen MR) is 117 cm³/mol. The van der Waals surface area contributed by atoms with Crippen LogP contribution in [0.5, 0.6) is 0 Å². The van der Waals surface area contributed by atoms with E-state index >= 15 is 0 Å². The number of oxazole rings is 1. The van der Waals surface area contributed by atoms with Gasteiger partial charge in [0, 0.05) is 12.5 Å². The Balaban J connectivity index is 1.58. The molecule has 1 saturated carbocycles. The van der Waals surface area contributed by atoms with Crippen LogP contribution in [0.15, 0.2) is 34.7 Å². The van der Waals surface area contributed by atoms with Gasteiger partial charge in [0.15, 0.2) is 11.5 Å². The summed E-state index contributed by atoms with van der Waals surface area (Å²) in [5, 5.41) is 19.3. The maximum absolute atomic E-state index is 13.1. The molecule has 2 amide bonds. The van der Waals surface area contributed by atoms with Crippen molar-refractivity contribution < 1.29 is 14.0 Å². The topological polar surface area (TPSA) is 126 Å². The van der Waals surface area contributed by atoms with Gasteiger partial charge in [-0.1, -0.05) is 32.9 Å². The first-order valence-corrected chi connectivity index (χ1v) is 10.5. The van der Waals surface area contributed by atoms with Crippen LogP contribution < -0.4 is 10.6 Å². The summed E-state index contributed by atoms with van der Waals surface area (Å²) in [5.74, 6) is -0.555. The van der Waals surface area contributed by atoms with E-state index in [9.17, 15) is 14.9 Å². The van der Waals surface area contributed by atoms with E-state index in [1.165, 1.54) is 4.68 Å². The van der Waals surface area contributed by atoms with Crippen molar-refractivity contribution in [3.05, 3.63) is 47.6 Å². The zero-order chi connectivity index (χ0) is 23.1. The molecule has 1 aliphatic rings. The Bertz CT molecular complexity index is 1190. The molecule has 166 valence electrons. The molecule has 2 N–H and O–H groups in total. The number of fused-ring (bicyclic) bond motifs is 1. The van der Waals surface area contributed by atoms with Crippen LogP contribution in [0.1, 0.15) is 55.7 Å². The quantitative estimate of drug-likeness (QED) is 0.613. The molecular weight excluding hydrogens is 408 g/mol. The molecule has 0 bridgehead atoms. The number of carbonyl (C=O) groups is 2. The van der Waals surface area contributed by atoms with E-state index < -0.39 is 23.4 Å². The minimum atomic E-state index is -0.964. The molecule has 3 aromatic rings. The number of rotatable bonds is 6. The number of amides is 2. The van der Waals surface area contributed by atoms with Crippen LogP contribution in [0.25, 0.3) is 11.1 Å². The molecule has 2 heterocycles. The lowest BCUT2D eigenvalue weighted by Crippen LogP contribution is -2.51. The summed E-state index contributed by atoms with van der Waals surface area (Å²) in [6, 6.07) is 10.2. The smallest absolute Gasteiger partial charge is 0.270 e. The van der Waals surface area contributed by atoms with Gasteiger partial charge in [0.05, 0.1) is 18.2 Å². The minimum Gasteiger partial charge on any atom is -0.441 e. The largest absolute Gasteiger partial charge is 0.441 e. The molecule has 1 fully saturated rings. The molecule has 1 aliphatic carbocycles. The van der Waals surface area contributed by atoms with Crippen molar-refractivity contribution in [2.24, 2.45) is 7.05 Å². The predicted octanol–water partition coefficient (Wildman–Crippen LogP) is 2.37. The molecule has 9 nitrogen and oxygen atoms in total. The number of aryl methyl sites for hydroxylation is 1. The maximum atomic E-state index is 13.1. The summed E-state index contributed by atoms with van der Waals surface area (Å²) in [6.45, 7) is 6.03. The summed E-state index contributed by atoms with van der Waals surface area (Å²) >= 11 is 0. The maximum Gasteiger partial charge on any atom is 0.270 e. The lowest BCUT2D eigenvalue weighted by molar-refractivity contribution is -0.123. The van der Waals surface area contributed by atoms with E-state index in [1.54, 1.807) is 19.2 Å². The number of hydrogen-bond acceptors (Lipinski definition) is 6. The molecule has 1 atom stereocenters. The Labute approximate surface area is 185 Å². The van der Waals surface area contributed by atoms with Crippen molar-refractivity contribution in [3.8, 4) is 6.07 Å². The Morgan fingerprint density at radius 2 is 2.03 bits per heavy atom. The first-order chi connectivity index (χ1) is 15.1. The molecule has 2 aromatic heterocycles. The summed E-state index contributed by atoms with van der Waals surface area (Å²) < 4.78 is 7.26. The zero-order valence-corrected chi connectivity index (χ0v) is 18.6. The highest BCUT2D eigenvalue weighted by atomic mass is 16.3. The third-order valence-corrected chi connectivity index (χ3v) is 5.55. The summed E-state index contributed by atoms with van der Waals surface area (Å²) in [6.07, 6.45) is 1.24. The molecule has 0 aliphatic heterocycles. The van der Waals surface area contributed by atoms with Gasteiger partial charge in [0.1, 0.15) is 22.8 Å². The van der Waals surface area contributed by atoms with Crippen LogP contribution in [-0.4, -0.2) is 38.2 Å². The number of nitriles is 1. The van der Waals surface area contributed by atoms with Crippen molar-refractivity contribution >= 4 is 22.9 Å². The third-order valence-electron chi connectivity index (χ3n) is 5.55. The van der Waals surface area contributed by atoms with Gasteiger partial charge in [-0.25, -0.2) is 4.98 Å². The SMILES string of the molecule is Cn1nc(C(C)(C)C)cc1C(=O)N[C@@H](Cc1nc2ccccc2o1)C(=O)NC1(C#N)CC1. The summed E-state index contributed by atoms with van der Waals surface area (Å²) in [7, 11) is 1.69. The fourth-order valence-corrected chi connectivity index (χ4v) is 3.38. The van der Waals surface area contributed by atoms with Gasteiger partial charge in [0.25, 0.3) is 5.91 Å². The Morgan fingerprint density at radius 1 is 1.31 bits per heavy atom. The van der Waals surface area contributed by atoms with Crippen molar-refractivity contribution in [2.75, 3.05) is 0 Å². The van der Waals surface area contributed by atoms with Gasteiger partial charge in [-0.15, -0.1) is 0 Å². The second kappa shape index (κ2) is 7.79. The normalized spacial score (nSPS) is 15.7. The average Bonchev–Trinajstić information content (AvgIpc) is 3.19. The number of benzene rings is 1.